The summed E-state index contributed by atoms with van der Waals surface area (Å²) in [5.41, 5.74) is -0.312. The second kappa shape index (κ2) is 6.92. The van der Waals surface area contributed by atoms with Crippen molar-refractivity contribution in [2.45, 2.75) is 53.4 Å². The Balaban J connectivity index is 2.42. The van der Waals surface area contributed by atoms with Crippen LogP contribution >= 0.6 is 0 Å². The third-order valence-corrected chi connectivity index (χ3v) is 3.51. The second-order valence-electron chi connectivity index (χ2n) is 6.56. The van der Waals surface area contributed by atoms with Gasteiger partial charge in [0.25, 0.3) is 0 Å². The summed E-state index contributed by atoms with van der Waals surface area (Å²) >= 11 is 0. The highest BCUT2D eigenvalue weighted by molar-refractivity contribution is 5.81. The van der Waals surface area contributed by atoms with Crippen LogP contribution in [0.3, 0.4) is 0 Å². The number of nitrogens with one attached hydrogen (secondary N) is 1. The molecule has 1 atom stereocenters. The second-order valence-corrected chi connectivity index (χ2v) is 6.56. The lowest BCUT2D eigenvalue weighted by atomic mass is 9.91. The van der Waals surface area contributed by atoms with Gasteiger partial charge in [0, 0.05) is 31.5 Å². The van der Waals surface area contributed by atoms with Crippen molar-refractivity contribution in [1.29, 1.82) is 0 Å². The van der Waals surface area contributed by atoms with Crippen molar-refractivity contribution in [3.05, 3.63) is 0 Å². The Bertz CT molecular complexity index is 321. The molecule has 4 nitrogen and oxygen atoms in total. The maximum atomic E-state index is 12.2. The van der Waals surface area contributed by atoms with E-state index in [0.29, 0.717) is 18.9 Å². The highest BCUT2D eigenvalue weighted by atomic mass is 16.2. The molecule has 1 N–H and O–H groups in total. The van der Waals surface area contributed by atoms with E-state index in [4.69, 9.17) is 0 Å². The number of likely N-dealkylation sites (tertiary alicyclic amines) is 1. The van der Waals surface area contributed by atoms with E-state index >= 15 is 0 Å². The number of hydrogen-bond acceptors (Lipinski definition) is 2. The average Bonchev–Trinajstić information content (AvgIpc) is 2.35. The Morgan fingerprint density at radius 2 is 2.00 bits per heavy atom. The fraction of sp³-hybridized carbons (Fsp3) is 0.867. The molecular formula is C15H28N2O2. The SMILES string of the molecule is CCCC(=O)NCC1CCCN(C(=O)C(C)(C)C)C1. The average molecular weight is 268 g/mol. The molecule has 0 spiro atoms. The fourth-order valence-electron chi connectivity index (χ4n) is 2.46. The van der Waals surface area contributed by atoms with Gasteiger partial charge in [-0.25, -0.2) is 0 Å². The summed E-state index contributed by atoms with van der Waals surface area (Å²) in [4.78, 5) is 25.7. The van der Waals surface area contributed by atoms with Crippen LogP contribution in [0.2, 0.25) is 0 Å². The largest absolute Gasteiger partial charge is 0.356 e. The summed E-state index contributed by atoms with van der Waals surface area (Å²) in [5, 5.41) is 2.97. The molecule has 0 radical (unpaired) electrons. The van der Waals surface area contributed by atoms with Crippen molar-refractivity contribution in [3.63, 3.8) is 0 Å². The van der Waals surface area contributed by atoms with E-state index in [1.807, 2.05) is 32.6 Å². The fourth-order valence-corrected chi connectivity index (χ4v) is 2.46. The van der Waals surface area contributed by atoms with E-state index in [-0.39, 0.29) is 17.2 Å². The lowest BCUT2D eigenvalue weighted by Gasteiger charge is -2.36. The van der Waals surface area contributed by atoms with Crippen LogP contribution in [0.1, 0.15) is 53.4 Å². The summed E-state index contributed by atoms with van der Waals surface area (Å²) in [6.45, 7) is 10.2. The van der Waals surface area contributed by atoms with Gasteiger partial charge in [-0.3, -0.25) is 9.59 Å². The molecule has 0 aromatic heterocycles. The zero-order valence-corrected chi connectivity index (χ0v) is 12.8. The van der Waals surface area contributed by atoms with Gasteiger partial charge in [-0.1, -0.05) is 27.7 Å². The number of rotatable bonds is 4. The summed E-state index contributed by atoms with van der Waals surface area (Å²) in [5.74, 6) is 0.750. The Kier molecular flexibility index (Phi) is 5.83. The molecule has 1 aliphatic rings. The number of carbonyl (C=O) groups is 2. The molecule has 19 heavy (non-hydrogen) atoms. The molecule has 1 fully saturated rings. The Labute approximate surface area is 116 Å². The van der Waals surface area contributed by atoms with E-state index in [9.17, 15) is 9.59 Å². The molecular weight excluding hydrogens is 240 g/mol. The molecule has 0 bridgehead atoms. The molecule has 1 unspecified atom stereocenters. The number of nitrogens with zero attached hydrogens (tertiary/aromatic N) is 1. The van der Waals surface area contributed by atoms with Gasteiger partial charge in [0.2, 0.25) is 11.8 Å². The Morgan fingerprint density at radius 3 is 2.58 bits per heavy atom. The van der Waals surface area contributed by atoms with Crippen molar-refractivity contribution < 1.29 is 9.59 Å². The van der Waals surface area contributed by atoms with Gasteiger partial charge in [0.1, 0.15) is 0 Å². The van der Waals surface area contributed by atoms with Crippen molar-refractivity contribution in [1.82, 2.24) is 10.2 Å². The van der Waals surface area contributed by atoms with E-state index in [0.717, 1.165) is 32.4 Å². The summed E-state index contributed by atoms with van der Waals surface area (Å²) in [6.07, 6.45) is 3.61. The van der Waals surface area contributed by atoms with Gasteiger partial charge in [-0.15, -0.1) is 0 Å². The van der Waals surface area contributed by atoms with Crippen LogP contribution in [-0.4, -0.2) is 36.3 Å². The molecule has 1 saturated heterocycles. The van der Waals surface area contributed by atoms with Crippen LogP contribution < -0.4 is 5.32 Å². The summed E-state index contributed by atoms with van der Waals surface area (Å²) in [7, 11) is 0. The van der Waals surface area contributed by atoms with E-state index in [2.05, 4.69) is 5.32 Å². The molecule has 1 rings (SSSR count). The topological polar surface area (TPSA) is 49.4 Å². The third kappa shape index (κ3) is 5.21. The van der Waals surface area contributed by atoms with Crippen LogP contribution in [0.25, 0.3) is 0 Å². The predicted molar refractivity (Wildman–Crippen MR) is 76.7 cm³/mol. The van der Waals surface area contributed by atoms with Gasteiger partial charge in [-0.2, -0.15) is 0 Å². The minimum Gasteiger partial charge on any atom is -0.356 e. The van der Waals surface area contributed by atoms with Crippen LogP contribution in [-0.2, 0) is 9.59 Å². The normalized spacial score (nSPS) is 20.2. The van der Waals surface area contributed by atoms with Gasteiger partial charge in [-0.05, 0) is 25.2 Å². The third-order valence-electron chi connectivity index (χ3n) is 3.51. The standard InChI is InChI=1S/C15H28N2O2/c1-5-7-13(18)16-10-12-8-6-9-17(11-12)14(19)15(2,3)4/h12H,5-11H2,1-4H3,(H,16,18). The number of amides is 2. The van der Waals surface area contributed by atoms with Crippen molar-refractivity contribution >= 4 is 11.8 Å². The van der Waals surface area contributed by atoms with Crippen molar-refractivity contribution in [2.24, 2.45) is 11.3 Å². The first-order valence-electron chi connectivity index (χ1n) is 7.40. The minimum absolute atomic E-state index is 0.127. The quantitative estimate of drug-likeness (QED) is 0.849. The number of carbonyl (C=O) groups excluding carboxylic acids is 2. The molecule has 1 heterocycles. The van der Waals surface area contributed by atoms with Crippen molar-refractivity contribution in [2.75, 3.05) is 19.6 Å². The molecule has 0 aliphatic carbocycles. The van der Waals surface area contributed by atoms with Gasteiger partial charge >= 0.3 is 0 Å². The zero-order chi connectivity index (χ0) is 14.5. The molecule has 110 valence electrons. The molecule has 0 aromatic rings. The van der Waals surface area contributed by atoms with Gasteiger partial charge < -0.3 is 10.2 Å². The predicted octanol–water partition coefficient (Wildman–Crippen LogP) is 2.19. The first-order valence-corrected chi connectivity index (χ1v) is 7.40. The zero-order valence-electron chi connectivity index (χ0n) is 12.8. The number of piperidine rings is 1. The highest BCUT2D eigenvalue weighted by Gasteiger charge is 2.30. The van der Waals surface area contributed by atoms with Crippen molar-refractivity contribution in [3.8, 4) is 0 Å². The first kappa shape index (κ1) is 16.0. The molecule has 0 aromatic carbocycles. The van der Waals surface area contributed by atoms with Crippen LogP contribution in [0.4, 0.5) is 0 Å². The summed E-state index contributed by atoms with van der Waals surface area (Å²) < 4.78 is 0. The Hall–Kier alpha value is -1.06. The maximum absolute atomic E-state index is 12.2. The minimum atomic E-state index is -0.312. The Morgan fingerprint density at radius 1 is 1.32 bits per heavy atom. The monoisotopic (exact) mass is 268 g/mol. The van der Waals surface area contributed by atoms with E-state index in [1.165, 1.54) is 0 Å². The highest BCUT2D eigenvalue weighted by Crippen LogP contribution is 2.23. The molecule has 0 saturated carbocycles. The molecule has 4 heteroatoms. The number of hydrogen-bond donors (Lipinski definition) is 1. The smallest absolute Gasteiger partial charge is 0.227 e. The van der Waals surface area contributed by atoms with E-state index < -0.39 is 0 Å². The molecule has 2 amide bonds. The first-order chi connectivity index (χ1) is 8.84. The summed E-state index contributed by atoms with van der Waals surface area (Å²) in [6, 6.07) is 0. The van der Waals surface area contributed by atoms with Crippen LogP contribution in [0.5, 0.6) is 0 Å². The lowest BCUT2D eigenvalue weighted by molar-refractivity contribution is -0.141. The lowest BCUT2D eigenvalue weighted by Crippen LogP contribution is -2.47. The van der Waals surface area contributed by atoms with Gasteiger partial charge in [0.05, 0.1) is 0 Å². The van der Waals surface area contributed by atoms with Crippen LogP contribution in [0.15, 0.2) is 0 Å². The van der Waals surface area contributed by atoms with Crippen LogP contribution in [0, 0.1) is 11.3 Å². The molecule has 1 aliphatic heterocycles. The maximum Gasteiger partial charge on any atom is 0.227 e. The van der Waals surface area contributed by atoms with Gasteiger partial charge in [0.15, 0.2) is 0 Å². The van der Waals surface area contributed by atoms with E-state index in [1.54, 1.807) is 0 Å².